The van der Waals surface area contributed by atoms with E-state index in [9.17, 15) is 9.90 Å². The maximum Gasteiger partial charge on any atom is 0.496 e. The third kappa shape index (κ3) is 2.26. The molecular weight excluding hydrogens is 266 g/mol. The van der Waals surface area contributed by atoms with Crippen LogP contribution >= 0.6 is 11.6 Å². The third-order valence-electron chi connectivity index (χ3n) is 3.81. The normalized spacial score (nSPS) is 20.6. The van der Waals surface area contributed by atoms with E-state index in [-0.39, 0.29) is 16.3 Å². The Balaban J connectivity index is 2.43. The van der Waals surface area contributed by atoms with Gasteiger partial charge >= 0.3 is 7.12 Å². The molecule has 19 heavy (non-hydrogen) atoms. The van der Waals surface area contributed by atoms with Crippen molar-refractivity contribution >= 4 is 30.5 Å². The van der Waals surface area contributed by atoms with Gasteiger partial charge in [-0.1, -0.05) is 17.7 Å². The molecule has 1 aliphatic rings. The molecular formula is C13H16BClO4. The van der Waals surface area contributed by atoms with E-state index in [0.717, 1.165) is 0 Å². The number of benzene rings is 1. The molecule has 2 rings (SSSR count). The maximum absolute atomic E-state index is 10.9. The quantitative estimate of drug-likeness (QED) is 0.667. The smallest absolute Gasteiger partial charge is 0.496 e. The fraction of sp³-hybridized carbons (Fsp3) is 0.462. The molecule has 0 spiro atoms. The first-order chi connectivity index (χ1) is 8.69. The molecule has 0 amide bonds. The zero-order valence-electron chi connectivity index (χ0n) is 11.4. The molecule has 1 saturated heterocycles. The first-order valence-corrected chi connectivity index (χ1v) is 6.39. The molecule has 0 aromatic heterocycles. The second kappa shape index (κ2) is 4.51. The van der Waals surface area contributed by atoms with E-state index < -0.39 is 18.3 Å². The zero-order valence-corrected chi connectivity index (χ0v) is 12.1. The van der Waals surface area contributed by atoms with Crippen LogP contribution in [0.2, 0.25) is 5.02 Å². The summed E-state index contributed by atoms with van der Waals surface area (Å²) in [7, 11) is -0.656. The number of aromatic hydroxyl groups is 1. The zero-order chi connectivity index (χ0) is 14.4. The fourth-order valence-electron chi connectivity index (χ4n) is 1.86. The van der Waals surface area contributed by atoms with Crippen LogP contribution in [0.4, 0.5) is 0 Å². The van der Waals surface area contributed by atoms with E-state index in [4.69, 9.17) is 20.9 Å². The van der Waals surface area contributed by atoms with Crippen molar-refractivity contribution in [3.8, 4) is 5.75 Å². The highest BCUT2D eigenvalue weighted by molar-refractivity contribution is 6.66. The minimum Gasteiger partial charge on any atom is -0.507 e. The van der Waals surface area contributed by atoms with Gasteiger partial charge in [-0.25, -0.2) is 0 Å². The molecule has 0 bridgehead atoms. The summed E-state index contributed by atoms with van der Waals surface area (Å²) < 4.78 is 11.7. The monoisotopic (exact) mass is 282 g/mol. The lowest BCUT2D eigenvalue weighted by molar-refractivity contribution is 0.00578. The first kappa shape index (κ1) is 14.4. The number of rotatable bonds is 2. The van der Waals surface area contributed by atoms with Crippen molar-refractivity contribution in [2.75, 3.05) is 0 Å². The van der Waals surface area contributed by atoms with Crippen LogP contribution in [0.25, 0.3) is 0 Å². The van der Waals surface area contributed by atoms with Gasteiger partial charge in [-0.3, -0.25) is 4.79 Å². The summed E-state index contributed by atoms with van der Waals surface area (Å²) in [6.45, 7) is 7.73. The predicted octanol–water partition coefficient (Wildman–Crippen LogP) is 2.16. The molecule has 0 unspecified atom stereocenters. The van der Waals surface area contributed by atoms with Gasteiger partial charge in [-0.15, -0.1) is 0 Å². The van der Waals surface area contributed by atoms with Gasteiger partial charge in [0, 0.05) is 5.46 Å². The topological polar surface area (TPSA) is 55.8 Å². The SMILES string of the molecule is CC1(C)OB(c2ccc(O)c(C=O)c2Cl)OC1(C)C. The van der Waals surface area contributed by atoms with Crippen LogP contribution in [0.1, 0.15) is 38.1 Å². The van der Waals surface area contributed by atoms with Gasteiger partial charge in [0.05, 0.1) is 21.8 Å². The van der Waals surface area contributed by atoms with E-state index in [0.29, 0.717) is 11.7 Å². The average Bonchev–Trinajstić information content (AvgIpc) is 2.48. The Morgan fingerprint density at radius 3 is 2.21 bits per heavy atom. The largest absolute Gasteiger partial charge is 0.507 e. The van der Waals surface area contributed by atoms with Crippen LogP contribution in [-0.2, 0) is 9.31 Å². The van der Waals surface area contributed by atoms with Crippen molar-refractivity contribution in [3.63, 3.8) is 0 Å². The molecule has 1 aromatic carbocycles. The van der Waals surface area contributed by atoms with E-state index in [1.807, 2.05) is 27.7 Å². The highest BCUT2D eigenvalue weighted by atomic mass is 35.5. The minimum absolute atomic E-state index is 0.0499. The Labute approximate surface area is 117 Å². The summed E-state index contributed by atoms with van der Waals surface area (Å²) >= 11 is 6.13. The molecule has 1 heterocycles. The first-order valence-electron chi connectivity index (χ1n) is 6.02. The Bertz CT molecular complexity index is 512. The van der Waals surface area contributed by atoms with E-state index >= 15 is 0 Å². The molecule has 6 heteroatoms. The molecule has 0 aliphatic carbocycles. The van der Waals surface area contributed by atoms with Crippen molar-refractivity contribution < 1.29 is 19.2 Å². The molecule has 0 radical (unpaired) electrons. The maximum atomic E-state index is 10.9. The number of aldehydes is 1. The second-order valence-electron chi connectivity index (χ2n) is 5.61. The summed E-state index contributed by atoms with van der Waals surface area (Å²) in [5.74, 6) is -0.153. The minimum atomic E-state index is -0.656. The standard InChI is InChI=1S/C13H16BClO4/c1-12(2)13(3,4)19-14(18-12)9-5-6-10(17)8(7-16)11(9)15/h5-7,17H,1-4H3. The molecule has 0 atom stereocenters. The summed E-state index contributed by atoms with van der Waals surface area (Å²) in [6.07, 6.45) is 0.520. The number of phenolic OH excluding ortho intramolecular Hbond substituents is 1. The number of halogens is 1. The van der Waals surface area contributed by atoms with Crippen molar-refractivity contribution in [1.29, 1.82) is 0 Å². The molecule has 102 valence electrons. The number of hydrogen-bond donors (Lipinski definition) is 1. The van der Waals surface area contributed by atoms with Gasteiger partial charge in [-0.2, -0.15) is 0 Å². The third-order valence-corrected chi connectivity index (χ3v) is 4.23. The Hall–Kier alpha value is -1.04. The highest BCUT2D eigenvalue weighted by Crippen LogP contribution is 2.37. The second-order valence-corrected chi connectivity index (χ2v) is 5.99. The highest BCUT2D eigenvalue weighted by Gasteiger charge is 2.52. The van der Waals surface area contributed by atoms with Crippen LogP contribution in [0, 0.1) is 0 Å². The van der Waals surface area contributed by atoms with Gasteiger partial charge in [0.15, 0.2) is 6.29 Å². The molecule has 1 aliphatic heterocycles. The van der Waals surface area contributed by atoms with Gasteiger partial charge < -0.3 is 14.4 Å². The Morgan fingerprint density at radius 1 is 1.21 bits per heavy atom. The van der Waals surface area contributed by atoms with Gasteiger partial charge in [0.1, 0.15) is 5.75 Å². The number of hydrogen-bond acceptors (Lipinski definition) is 4. The molecule has 0 saturated carbocycles. The lowest BCUT2D eigenvalue weighted by Crippen LogP contribution is -2.41. The van der Waals surface area contributed by atoms with Crippen LogP contribution in [0.5, 0.6) is 5.75 Å². The fourth-order valence-corrected chi connectivity index (χ4v) is 2.16. The van der Waals surface area contributed by atoms with Gasteiger partial charge in [0.2, 0.25) is 0 Å². The van der Waals surface area contributed by atoms with Crippen molar-refractivity contribution in [2.24, 2.45) is 0 Å². The van der Waals surface area contributed by atoms with Crippen molar-refractivity contribution in [2.45, 2.75) is 38.9 Å². The Morgan fingerprint density at radius 2 is 1.74 bits per heavy atom. The lowest BCUT2D eigenvalue weighted by Gasteiger charge is -2.32. The summed E-state index contributed by atoms with van der Waals surface area (Å²) in [5, 5.41) is 9.73. The van der Waals surface area contributed by atoms with Gasteiger partial charge in [0.25, 0.3) is 0 Å². The van der Waals surface area contributed by atoms with Crippen LogP contribution in [-0.4, -0.2) is 29.7 Å². The van der Waals surface area contributed by atoms with Crippen LogP contribution < -0.4 is 5.46 Å². The lowest BCUT2D eigenvalue weighted by atomic mass is 9.78. The summed E-state index contributed by atoms with van der Waals surface area (Å²) in [4.78, 5) is 10.9. The average molecular weight is 283 g/mol. The van der Waals surface area contributed by atoms with E-state index in [1.54, 1.807) is 6.07 Å². The molecule has 1 fully saturated rings. The molecule has 1 aromatic rings. The van der Waals surface area contributed by atoms with E-state index in [1.165, 1.54) is 6.07 Å². The van der Waals surface area contributed by atoms with Gasteiger partial charge in [-0.05, 0) is 33.8 Å². The number of carbonyl (C=O) groups excluding carboxylic acids is 1. The van der Waals surface area contributed by atoms with Crippen molar-refractivity contribution in [1.82, 2.24) is 0 Å². The number of carbonyl (C=O) groups is 1. The molecule has 1 N–H and O–H groups in total. The van der Waals surface area contributed by atoms with Crippen LogP contribution in [0.3, 0.4) is 0 Å². The van der Waals surface area contributed by atoms with E-state index in [2.05, 4.69) is 0 Å². The molecule has 4 nitrogen and oxygen atoms in total. The summed E-state index contributed by atoms with van der Waals surface area (Å²) in [5.41, 5.74) is -0.380. The predicted molar refractivity (Wildman–Crippen MR) is 74.2 cm³/mol. The van der Waals surface area contributed by atoms with Crippen LogP contribution in [0.15, 0.2) is 12.1 Å². The van der Waals surface area contributed by atoms with Crippen molar-refractivity contribution in [3.05, 3.63) is 22.7 Å². The number of phenols is 1. The Kier molecular flexibility index (Phi) is 3.41. The summed E-state index contributed by atoms with van der Waals surface area (Å²) in [6, 6.07) is 3.02.